The Labute approximate surface area is 168 Å². The number of thiocarbonyl (C=S) groups is 1. The van der Waals surface area contributed by atoms with Crippen molar-refractivity contribution < 1.29 is 9.53 Å². The largest absolute Gasteiger partial charge is 0.482 e. The van der Waals surface area contributed by atoms with Crippen molar-refractivity contribution in [2.24, 2.45) is 0 Å². The van der Waals surface area contributed by atoms with E-state index in [1.54, 1.807) is 0 Å². The number of halogens is 2. The third-order valence-corrected chi connectivity index (χ3v) is 5.29. The van der Waals surface area contributed by atoms with Crippen LogP contribution in [0.3, 0.4) is 0 Å². The van der Waals surface area contributed by atoms with Crippen LogP contribution in [0.2, 0.25) is 0 Å². The number of anilines is 1. The molecule has 2 aromatic rings. The summed E-state index contributed by atoms with van der Waals surface area (Å²) in [6, 6.07) is 11.9. The number of benzene rings is 2. The molecular weight excluding hydrogens is 468 g/mol. The second kappa shape index (κ2) is 7.85. The molecule has 4 nitrogen and oxygen atoms in total. The lowest BCUT2D eigenvalue weighted by atomic mass is 10.2. The van der Waals surface area contributed by atoms with Gasteiger partial charge in [0.05, 0.1) is 4.47 Å². The Morgan fingerprint density at radius 2 is 2.08 bits per heavy atom. The van der Waals surface area contributed by atoms with Crippen molar-refractivity contribution in [2.45, 2.75) is 13.3 Å². The van der Waals surface area contributed by atoms with Crippen LogP contribution in [-0.4, -0.2) is 24.2 Å². The van der Waals surface area contributed by atoms with Crippen molar-refractivity contribution in [3.63, 3.8) is 0 Å². The van der Waals surface area contributed by atoms with Gasteiger partial charge in [0.25, 0.3) is 5.91 Å². The molecule has 0 unspecified atom stereocenters. The van der Waals surface area contributed by atoms with E-state index in [0.717, 1.165) is 33.2 Å². The van der Waals surface area contributed by atoms with E-state index in [-0.39, 0.29) is 12.5 Å². The second-order valence-electron chi connectivity index (χ2n) is 5.71. The Hall–Kier alpha value is -1.44. The van der Waals surface area contributed by atoms with Gasteiger partial charge in [-0.25, -0.2) is 0 Å². The highest BCUT2D eigenvalue weighted by molar-refractivity contribution is 9.11. The van der Waals surface area contributed by atoms with Crippen LogP contribution in [0.25, 0.3) is 0 Å². The van der Waals surface area contributed by atoms with Crippen molar-refractivity contribution in [3.05, 3.63) is 56.5 Å². The number of hydrogen-bond acceptors (Lipinski definition) is 3. The molecule has 0 aliphatic carbocycles. The highest BCUT2D eigenvalue weighted by Crippen LogP contribution is 2.32. The lowest BCUT2D eigenvalue weighted by molar-refractivity contribution is -0.121. The molecule has 0 radical (unpaired) electrons. The molecule has 0 saturated heterocycles. The second-order valence-corrected chi connectivity index (χ2v) is 7.86. The monoisotopic (exact) mass is 482 g/mol. The molecular formula is C18H16Br2N2O2S. The fourth-order valence-electron chi connectivity index (χ4n) is 2.78. The first kappa shape index (κ1) is 18.4. The lowest BCUT2D eigenvalue weighted by Gasteiger charge is -2.20. The Morgan fingerprint density at radius 1 is 1.32 bits per heavy atom. The van der Waals surface area contributed by atoms with E-state index < -0.39 is 0 Å². The minimum Gasteiger partial charge on any atom is -0.482 e. The zero-order valence-electron chi connectivity index (χ0n) is 13.5. The van der Waals surface area contributed by atoms with Gasteiger partial charge >= 0.3 is 0 Å². The third-order valence-electron chi connectivity index (χ3n) is 3.92. The minimum atomic E-state index is -0.274. The van der Waals surface area contributed by atoms with Gasteiger partial charge < -0.3 is 9.64 Å². The van der Waals surface area contributed by atoms with Crippen LogP contribution < -0.4 is 15.0 Å². The van der Waals surface area contributed by atoms with E-state index in [0.29, 0.717) is 10.9 Å². The maximum absolute atomic E-state index is 12.2. The molecule has 0 aromatic heterocycles. The Balaban J connectivity index is 1.60. The minimum absolute atomic E-state index is 0.100. The van der Waals surface area contributed by atoms with E-state index in [9.17, 15) is 4.79 Å². The SMILES string of the molecule is Cc1cc(Br)cc(Br)c1OCC(=O)NC(=S)N1CCc2ccccc21. The summed E-state index contributed by atoms with van der Waals surface area (Å²) in [7, 11) is 0. The van der Waals surface area contributed by atoms with Gasteiger partial charge in [-0.1, -0.05) is 34.1 Å². The Bertz CT molecular complexity index is 819. The summed E-state index contributed by atoms with van der Waals surface area (Å²) in [5.74, 6) is 0.374. The number of ether oxygens (including phenoxy) is 1. The number of rotatable bonds is 3. The van der Waals surface area contributed by atoms with Gasteiger partial charge in [-0.05, 0) is 70.8 Å². The number of amides is 1. The third kappa shape index (κ3) is 4.22. The van der Waals surface area contributed by atoms with Gasteiger partial charge in [-0.2, -0.15) is 0 Å². The predicted molar refractivity (Wildman–Crippen MR) is 110 cm³/mol. The van der Waals surface area contributed by atoms with Gasteiger partial charge in [0.2, 0.25) is 0 Å². The van der Waals surface area contributed by atoms with Crippen LogP contribution in [0.15, 0.2) is 45.3 Å². The molecule has 1 aliphatic rings. The van der Waals surface area contributed by atoms with E-state index in [1.165, 1.54) is 5.56 Å². The average molecular weight is 484 g/mol. The van der Waals surface area contributed by atoms with E-state index >= 15 is 0 Å². The Morgan fingerprint density at radius 3 is 2.84 bits per heavy atom. The highest BCUT2D eigenvalue weighted by atomic mass is 79.9. The molecule has 0 saturated carbocycles. The van der Waals surface area contributed by atoms with Crippen molar-refractivity contribution in [1.82, 2.24) is 5.32 Å². The molecule has 130 valence electrons. The zero-order valence-corrected chi connectivity index (χ0v) is 17.5. The molecule has 0 bridgehead atoms. The molecule has 7 heteroatoms. The van der Waals surface area contributed by atoms with Crippen LogP contribution in [0, 0.1) is 6.92 Å². The number of fused-ring (bicyclic) bond motifs is 1. The molecule has 1 heterocycles. The number of para-hydroxylation sites is 1. The van der Waals surface area contributed by atoms with Crippen LogP contribution in [-0.2, 0) is 11.2 Å². The summed E-state index contributed by atoms with van der Waals surface area (Å²) in [5, 5.41) is 3.16. The first-order chi connectivity index (χ1) is 12.0. The predicted octanol–water partition coefficient (Wildman–Crippen LogP) is 4.36. The number of carbonyl (C=O) groups excluding carboxylic acids is 1. The standard InChI is InChI=1S/C18H16Br2N2O2S/c1-11-8-13(19)9-14(20)17(11)24-10-16(23)21-18(25)22-7-6-12-4-2-3-5-15(12)22/h2-5,8-9H,6-7,10H2,1H3,(H,21,23,25). The average Bonchev–Trinajstić information content (AvgIpc) is 2.97. The van der Waals surface area contributed by atoms with Gasteiger partial charge in [-0.15, -0.1) is 0 Å². The quantitative estimate of drug-likeness (QED) is 0.658. The van der Waals surface area contributed by atoms with Crippen molar-refractivity contribution in [3.8, 4) is 5.75 Å². The van der Waals surface area contributed by atoms with Crippen LogP contribution in [0.4, 0.5) is 5.69 Å². The topological polar surface area (TPSA) is 41.6 Å². The summed E-state index contributed by atoms with van der Waals surface area (Å²) in [4.78, 5) is 14.2. The molecule has 0 atom stereocenters. The molecule has 1 aliphatic heterocycles. The first-order valence-electron chi connectivity index (χ1n) is 7.73. The summed E-state index contributed by atoms with van der Waals surface area (Å²) in [5.41, 5.74) is 3.23. The number of nitrogens with zero attached hydrogens (tertiary/aromatic N) is 1. The molecule has 3 rings (SSSR count). The smallest absolute Gasteiger partial charge is 0.264 e. The molecule has 0 spiro atoms. The molecule has 2 aromatic carbocycles. The van der Waals surface area contributed by atoms with Gasteiger partial charge in [0, 0.05) is 16.7 Å². The lowest BCUT2D eigenvalue weighted by Crippen LogP contribution is -2.43. The van der Waals surface area contributed by atoms with E-state index in [1.807, 2.05) is 42.2 Å². The number of hydrogen-bond donors (Lipinski definition) is 1. The maximum Gasteiger partial charge on any atom is 0.264 e. The van der Waals surface area contributed by atoms with Gasteiger partial charge in [-0.3, -0.25) is 10.1 Å². The number of nitrogens with one attached hydrogen (secondary N) is 1. The Kier molecular flexibility index (Phi) is 5.76. The maximum atomic E-state index is 12.2. The fourth-order valence-corrected chi connectivity index (χ4v) is 4.64. The normalized spacial score (nSPS) is 12.7. The molecule has 1 N–H and O–H groups in total. The van der Waals surface area contributed by atoms with Crippen molar-refractivity contribution in [2.75, 3.05) is 18.1 Å². The van der Waals surface area contributed by atoms with E-state index in [2.05, 4.69) is 43.2 Å². The zero-order chi connectivity index (χ0) is 18.0. The van der Waals surface area contributed by atoms with Gasteiger partial charge in [0.1, 0.15) is 5.75 Å². The van der Waals surface area contributed by atoms with Gasteiger partial charge in [0.15, 0.2) is 11.7 Å². The molecule has 1 amide bonds. The molecule has 25 heavy (non-hydrogen) atoms. The summed E-state index contributed by atoms with van der Waals surface area (Å²) >= 11 is 12.3. The van der Waals surface area contributed by atoms with Crippen molar-refractivity contribution >= 4 is 60.8 Å². The summed E-state index contributed by atoms with van der Waals surface area (Å²) in [6.45, 7) is 2.60. The first-order valence-corrected chi connectivity index (χ1v) is 9.73. The van der Waals surface area contributed by atoms with E-state index in [4.69, 9.17) is 17.0 Å². The molecule has 0 fully saturated rings. The van der Waals surface area contributed by atoms with Crippen LogP contribution in [0.1, 0.15) is 11.1 Å². The number of aryl methyl sites for hydroxylation is 1. The van der Waals surface area contributed by atoms with Crippen molar-refractivity contribution in [1.29, 1.82) is 0 Å². The summed E-state index contributed by atoms with van der Waals surface area (Å²) in [6.07, 6.45) is 0.924. The number of carbonyl (C=O) groups is 1. The fraction of sp³-hybridized carbons (Fsp3) is 0.222. The van der Waals surface area contributed by atoms with Crippen LogP contribution >= 0.6 is 44.1 Å². The highest BCUT2D eigenvalue weighted by Gasteiger charge is 2.23. The summed E-state index contributed by atoms with van der Waals surface area (Å²) < 4.78 is 7.40. The van der Waals surface area contributed by atoms with Crippen LogP contribution in [0.5, 0.6) is 5.75 Å².